The molecule has 0 N–H and O–H groups in total. The van der Waals surface area contributed by atoms with Crippen LogP contribution in [-0.4, -0.2) is 58.5 Å². The van der Waals surface area contributed by atoms with Crippen LogP contribution in [0.4, 0.5) is 0 Å². The summed E-state index contributed by atoms with van der Waals surface area (Å²) in [6.45, 7) is 3.36. The van der Waals surface area contributed by atoms with E-state index in [2.05, 4.69) is 24.0 Å². The molecule has 0 aliphatic carbocycles. The Balaban J connectivity index is 1.63. The number of fused-ring (bicyclic) bond motifs is 1. The number of aromatic nitrogens is 2. The maximum atomic E-state index is 13.0. The number of likely N-dealkylation sites (N-methyl/N-ethyl adjacent to an activating group) is 1. The van der Waals surface area contributed by atoms with Crippen molar-refractivity contribution in [1.29, 1.82) is 0 Å². The molecular weight excluding hydrogens is 364 g/mol. The number of piperidine rings is 1. The van der Waals surface area contributed by atoms with E-state index in [1.165, 1.54) is 0 Å². The van der Waals surface area contributed by atoms with Crippen molar-refractivity contribution < 1.29 is 4.79 Å². The number of amides is 1. The van der Waals surface area contributed by atoms with Crippen molar-refractivity contribution in [3.05, 3.63) is 70.3 Å². The third kappa shape index (κ3) is 3.68. The van der Waals surface area contributed by atoms with E-state index in [0.29, 0.717) is 34.0 Å². The van der Waals surface area contributed by atoms with E-state index in [1.54, 1.807) is 22.8 Å². The van der Waals surface area contributed by atoms with E-state index in [9.17, 15) is 9.59 Å². The highest BCUT2D eigenvalue weighted by molar-refractivity contribution is 5.94. The summed E-state index contributed by atoms with van der Waals surface area (Å²) in [5.41, 5.74) is 1.95. The van der Waals surface area contributed by atoms with Crippen molar-refractivity contribution in [3.8, 4) is 5.69 Å². The highest BCUT2D eigenvalue weighted by Crippen LogP contribution is 2.18. The van der Waals surface area contributed by atoms with Gasteiger partial charge in [-0.25, -0.2) is 4.98 Å². The first-order chi connectivity index (χ1) is 14.0. The second-order valence-corrected chi connectivity index (χ2v) is 7.87. The lowest BCUT2D eigenvalue weighted by atomic mass is 10.0. The van der Waals surface area contributed by atoms with Crippen LogP contribution >= 0.6 is 0 Å². The van der Waals surface area contributed by atoms with Gasteiger partial charge >= 0.3 is 0 Å². The molecule has 1 aromatic heterocycles. The number of carbonyl (C=O) groups excluding carboxylic acids is 1. The molecule has 0 radical (unpaired) electrons. The number of likely N-dealkylation sites (tertiary alicyclic amines) is 1. The molecule has 4 rings (SSSR count). The van der Waals surface area contributed by atoms with Crippen molar-refractivity contribution in [3.63, 3.8) is 0 Å². The summed E-state index contributed by atoms with van der Waals surface area (Å²) >= 11 is 0. The molecule has 2 aromatic carbocycles. The Morgan fingerprint density at radius 3 is 2.55 bits per heavy atom. The molecule has 1 fully saturated rings. The maximum Gasteiger partial charge on any atom is 0.265 e. The Morgan fingerprint density at radius 2 is 1.83 bits per heavy atom. The Kier molecular flexibility index (Phi) is 5.20. The number of hydrogen-bond donors (Lipinski definition) is 0. The number of hydrogen-bond acceptors (Lipinski definition) is 4. The van der Waals surface area contributed by atoms with Gasteiger partial charge in [-0.2, -0.15) is 0 Å². The van der Waals surface area contributed by atoms with Gasteiger partial charge in [0, 0.05) is 24.7 Å². The molecular formula is C23H26N4O2. The van der Waals surface area contributed by atoms with Crippen molar-refractivity contribution in [2.75, 3.05) is 27.2 Å². The van der Waals surface area contributed by atoms with Gasteiger partial charge in [0.2, 0.25) is 0 Å². The van der Waals surface area contributed by atoms with Gasteiger partial charge in [-0.3, -0.25) is 14.2 Å². The van der Waals surface area contributed by atoms with Gasteiger partial charge < -0.3 is 9.80 Å². The number of para-hydroxylation sites is 1. The molecule has 0 saturated carbocycles. The third-order valence-corrected chi connectivity index (χ3v) is 5.73. The summed E-state index contributed by atoms with van der Waals surface area (Å²) < 4.78 is 1.60. The molecule has 150 valence electrons. The van der Waals surface area contributed by atoms with Crippen LogP contribution in [0.25, 0.3) is 16.6 Å². The second-order valence-electron chi connectivity index (χ2n) is 7.87. The Labute approximate surface area is 170 Å². The minimum atomic E-state index is -0.1000. The lowest BCUT2D eigenvalue weighted by Gasteiger charge is -2.36. The van der Waals surface area contributed by atoms with Crippen LogP contribution in [0.2, 0.25) is 0 Å². The monoisotopic (exact) mass is 390 g/mol. The molecule has 6 heteroatoms. The molecule has 29 heavy (non-hydrogen) atoms. The molecule has 1 aliphatic heterocycles. The van der Waals surface area contributed by atoms with Crippen LogP contribution in [0.1, 0.15) is 29.0 Å². The molecule has 3 aromatic rings. The highest BCUT2D eigenvalue weighted by Gasteiger charge is 2.25. The standard InChI is InChI=1S/C23H26N4O2/c1-16-24-21-9-5-4-8-20(21)23(29)27(16)18-12-10-17(11-13-18)22(28)26-14-6-7-19(15-26)25(2)3/h4-5,8-13,19H,6-7,14-15H2,1-3H3. The topological polar surface area (TPSA) is 58.4 Å². The summed E-state index contributed by atoms with van der Waals surface area (Å²) in [6.07, 6.45) is 2.14. The lowest BCUT2D eigenvalue weighted by molar-refractivity contribution is 0.0635. The third-order valence-electron chi connectivity index (χ3n) is 5.73. The second kappa shape index (κ2) is 7.79. The van der Waals surface area contributed by atoms with Crippen LogP contribution in [-0.2, 0) is 0 Å². The van der Waals surface area contributed by atoms with Crippen LogP contribution in [0.15, 0.2) is 53.3 Å². The summed E-state index contributed by atoms with van der Waals surface area (Å²) in [5, 5.41) is 0.585. The van der Waals surface area contributed by atoms with Gasteiger partial charge in [0.25, 0.3) is 11.5 Å². The van der Waals surface area contributed by atoms with Gasteiger partial charge in [-0.15, -0.1) is 0 Å². The van der Waals surface area contributed by atoms with Gasteiger partial charge in [0.1, 0.15) is 5.82 Å². The first kappa shape index (κ1) is 19.3. The van der Waals surface area contributed by atoms with Crippen LogP contribution in [0.5, 0.6) is 0 Å². The summed E-state index contributed by atoms with van der Waals surface area (Å²) in [5.74, 6) is 0.668. The first-order valence-electron chi connectivity index (χ1n) is 10.0. The average Bonchev–Trinajstić information content (AvgIpc) is 2.74. The summed E-state index contributed by atoms with van der Waals surface area (Å²) in [7, 11) is 4.12. The van der Waals surface area contributed by atoms with Crippen molar-refractivity contribution >= 4 is 16.8 Å². The minimum absolute atomic E-state index is 0.0452. The van der Waals surface area contributed by atoms with Gasteiger partial charge in [-0.05, 0) is 70.3 Å². The Bertz CT molecular complexity index is 1100. The van der Waals surface area contributed by atoms with Gasteiger partial charge in [0.15, 0.2) is 0 Å². The SMILES string of the molecule is Cc1nc2ccccc2c(=O)n1-c1ccc(C(=O)N2CCCC(N(C)C)C2)cc1. The first-order valence-corrected chi connectivity index (χ1v) is 10.0. The van der Waals surface area contributed by atoms with Gasteiger partial charge in [-0.1, -0.05) is 12.1 Å². The molecule has 1 aliphatic rings. The van der Waals surface area contributed by atoms with Crippen LogP contribution in [0, 0.1) is 6.92 Å². The predicted molar refractivity (Wildman–Crippen MR) is 115 cm³/mol. The molecule has 2 heterocycles. The lowest BCUT2D eigenvalue weighted by Crippen LogP contribution is -2.47. The summed E-state index contributed by atoms with van der Waals surface area (Å²) in [6, 6.07) is 15.0. The quantitative estimate of drug-likeness (QED) is 0.690. The fourth-order valence-electron chi connectivity index (χ4n) is 4.04. The van der Waals surface area contributed by atoms with E-state index in [-0.39, 0.29) is 11.5 Å². The zero-order valence-corrected chi connectivity index (χ0v) is 17.1. The van der Waals surface area contributed by atoms with E-state index in [1.807, 2.05) is 42.2 Å². The predicted octanol–water partition coefficient (Wildman–Crippen LogP) is 2.86. The van der Waals surface area contributed by atoms with Crippen molar-refractivity contribution in [2.45, 2.75) is 25.8 Å². The summed E-state index contributed by atoms with van der Waals surface area (Å²) in [4.78, 5) is 34.6. The maximum absolute atomic E-state index is 13.0. The van der Waals surface area contributed by atoms with E-state index < -0.39 is 0 Å². The van der Waals surface area contributed by atoms with Crippen molar-refractivity contribution in [2.24, 2.45) is 0 Å². The molecule has 1 saturated heterocycles. The fourth-order valence-corrected chi connectivity index (χ4v) is 4.04. The normalized spacial score (nSPS) is 17.1. The number of aryl methyl sites for hydroxylation is 1. The molecule has 0 spiro atoms. The van der Waals surface area contributed by atoms with E-state index >= 15 is 0 Å². The molecule has 1 unspecified atom stereocenters. The van der Waals surface area contributed by atoms with Crippen LogP contribution < -0.4 is 5.56 Å². The zero-order valence-electron chi connectivity index (χ0n) is 17.1. The van der Waals surface area contributed by atoms with E-state index in [0.717, 1.165) is 25.9 Å². The average molecular weight is 390 g/mol. The van der Waals surface area contributed by atoms with Gasteiger partial charge in [0.05, 0.1) is 16.6 Å². The Morgan fingerprint density at radius 1 is 1.10 bits per heavy atom. The number of rotatable bonds is 3. The number of nitrogens with zero attached hydrogens (tertiary/aromatic N) is 4. The smallest absolute Gasteiger partial charge is 0.265 e. The van der Waals surface area contributed by atoms with Crippen LogP contribution in [0.3, 0.4) is 0 Å². The number of benzene rings is 2. The molecule has 1 amide bonds. The largest absolute Gasteiger partial charge is 0.337 e. The highest BCUT2D eigenvalue weighted by atomic mass is 16.2. The number of carbonyl (C=O) groups is 1. The zero-order chi connectivity index (χ0) is 20.5. The molecule has 1 atom stereocenters. The molecule has 0 bridgehead atoms. The fraction of sp³-hybridized carbons (Fsp3) is 0.348. The Hall–Kier alpha value is -2.99. The molecule has 6 nitrogen and oxygen atoms in total. The van der Waals surface area contributed by atoms with E-state index in [4.69, 9.17) is 0 Å². The minimum Gasteiger partial charge on any atom is -0.337 e. The van der Waals surface area contributed by atoms with Crippen molar-refractivity contribution in [1.82, 2.24) is 19.4 Å².